The Morgan fingerprint density at radius 3 is 2.25 bits per heavy atom. The SMILES string of the molecule is COC(=O)CN(CCN)C(=O)OC(C)(C)C. The Kier molecular flexibility index (Phi) is 5.81. The molecule has 0 aromatic rings. The summed E-state index contributed by atoms with van der Waals surface area (Å²) in [5.41, 5.74) is 4.75. The van der Waals surface area contributed by atoms with E-state index < -0.39 is 17.7 Å². The van der Waals surface area contributed by atoms with E-state index in [1.807, 2.05) is 0 Å². The Labute approximate surface area is 95.7 Å². The van der Waals surface area contributed by atoms with E-state index in [1.165, 1.54) is 12.0 Å². The number of methoxy groups -OCH3 is 1. The first-order chi connectivity index (χ1) is 7.30. The Hall–Kier alpha value is -1.30. The van der Waals surface area contributed by atoms with Gasteiger partial charge in [0.05, 0.1) is 7.11 Å². The minimum absolute atomic E-state index is 0.150. The number of amides is 1. The van der Waals surface area contributed by atoms with Crippen molar-refractivity contribution in [1.29, 1.82) is 0 Å². The van der Waals surface area contributed by atoms with Gasteiger partial charge in [0.15, 0.2) is 0 Å². The second-order valence-electron chi connectivity index (χ2n) is 4.27. The van der Waals surface area contributed by atoms with Gasteiger partial charge in [-0.3, -0.25) is 9.69 Å². The van der Waals surface area contributed by atoms with Gasteiger partial charge in [-0.05, 0) is 20.8 Å². The second kappa shape index (κ2) is 6.32. The van der Waals surface area contributed by atoms with Crippen molar-refractivity contribution in [3.8, 4) is 0 Å². The molecular formula is C10H20N2O4. The Morgan fingerprint density at radius 2 is 1.88 bits per heavy atom. The van der Waals surface area contributed by atoms with Crippen LogP contribution in [0.15, 0.2) is 0 Å². The van der Waals surface area contributed by atoms with Crippen molar-refractivity contribution in [2.75, 3.05) is 26.7 Å². The van der Waals surface area contributed by atoms with E-state index in [4.69, 9.17) is 10.5 Å². The van der Waals surface area contributed by atoms with E-state index in [0.717, 1.165) is 0 Å². The van der Waals surface area contributed by atoms with Crippen molar-refractivity contribution in [2.45, 2.75) is 26.4 Å². The molecule has 94 valence electrons. The molecule has 0 radical (unpaired) electrons. The highest BCUT2D eigenvalue weighted by Crippen LogP contribution is 2.09. The number of hydrogen-bond donors (Lipinski definition) is 1. The van der Waals surface area contributed by atoms with Gasteiger partial charge in [0.1, 0.15) is 12.1 Å². The van der Waals surface area contributed by atoms with E-state index in [-0.39, 0.29) is 19.6 Å². The van der Waals surface area contributed by atoms with Crippen LogP contribution in [0.5, 0.6) is 0 Å². The predicted octanol–water partition coefficient (Wildman–Crippen LogP) is 0.355. The van der Waals surface area contributed by atoms with E-state index in [9.17, 15) is 9.59 Å². The molecule has 16 heavy (non-hydrogen) atoms. The lowest BCUT2D eigenvalue weighted by Crippen LogP contribution is -2.42. The molecule has 2 N–H and O–H groups in total. The lowest BCUT2D eigenvalue weighted by molar-refractivity contribution is -0.141. The van der Waals surface area contributed by atoms with E-state index in [2.05, 4.69) is 4.74 Å². The lowest BCUT2D eigenvalue weighted by Gasteiger charge is -2.26. The number of nitrogens with two attached hydrogens (primary N) is 1. The molecule has 0 aromatic carbocycles. The number of carbonyl (C=O) groups excluding carboxylic acids is 2. The summed E-state index contributed by atoms with van der Waals surface area (Å²) in [6.45, 7) is 5.62. The molecule has 0 unspecified atom stereocenters. The zero-order valence-corrected chi connectivity index (χ0v) is 10.3. The fourth-order valence-electron chi connectivity index (χ4n) is 0.938. The highest BCUT2D eigenvalue weighted by molar-refractivity contribution is 5.78. The summed E-state index contributed by atoms with van der Waals surface area (Å²) in [7, 11) is 1.26. The summed E-state index contributed by atoms with van der Waals surface area (Å²) in [5, 5.41) is 0. The molecule has 0 bridgehead atoms. The van der Waals surface area contributed by atoms with Crippen molar-refractivity contribution in [1.82, 2.24) is 4.90 Å². The molecule has 0 spiro atoms. The number of rotatable bonds is 4. The fraction of sp³-hybridized carbons (Fsp3) is 0.800. The molecule has 6 heteroatoms. The third-order valence-electron chi connectivity index (χ3n) is 1.60. The standard InChI is InChI=1S/C10H20N2O4/c1-10(2,3)16-9(14)12(6-5-11)7-8(13)15-4/h5-7,11H2,1-4H3. The first-order valence-electron chi connectivity index (χ1n) is 5.05. The molecule has 0 aliphatic rings. The third-order valence-corrected chi connectivity index (χ3v) is 1.60. The van der Waals surface area contributed by atoms with Crippen LogP contribution in [0.2, 0.25) is 0 Å². The minimum atomic E-state index is -0.597. The zero-order valence-electron chi connectivity index (χ0n) is 10.3. The highest BCUT2D eigenvalue weighted by atomic mass is 16.6. The second-order valence-corrected chi connectivity index (χ2v) is 4.27. The number of esters is 1. The van der Waals surface area contributed by atoms with Gasteiger partial charge in [-0.15, -0.1) is 0 Å². The van der Waals surface area contributed by atoms with Crippen molar-refractivity contribution in [2.24, 2.45) is 5.73 Å². The van der Waals surface area contributed by atoms with Gasteiger partial charge in [0.2, 0.25) is 0 Å². The molecule has 0 atom stereocenters. The molecule has 0 aromatic heterocycles. The summed E-state index contributed by atoms with van der Waals surface area (Å²) in [5.74, 6) is -0.501. The summed E-state index contributed by atoms with van der Waals surface area (Å²) in [6, 6.07) is 0. The number of ether oxygens (including phenoxy) is 2. The van der Waals surface area contributed by atoms with Crippen LogP contribution in [0.25, 0.3) is 0 Å². The van der Waals surface area contributed by atoms with Crippen LogP contribution in [-0.2, 0) is 14.3 Å². The Balaban J connectivity index is 4.40. The molecule has 0 fully saturated rings. The Bertz CT molecular complexity index is 248. The van der Waals surface area contributed by atoms with Crippen LogP contribution in [0.4, 0.5) is 4.79 Å². The normalized spacial score (nSPS) is 10.8. The van der Waals surface area contributed by atoms with Gasteiger partial charge < -0.3 is 15.2 Å². The summed E-state index contributed by atoms with van der Waals surface area (Å²) in [6.07, 6.45) is -0.566. The van der Waals surface area contributed by atoms with Gasteiger partial charge >= 0.3 is 12.1 Å². The maximum atomic E-state index is 11.6. The van der Waals surface area contributed by atoms with Gasteiger partial charge in [-0.25, -0.2) is 4.79 Å². The fourth-order valence-corrected chi connectivity index (χ4v) is 0.938. The van der Waals surface area contributed by atoms with Crippen LogP contribution < -0.4 is 5.73 Å². The van der Waals surface area contributed by atoms with Crippen LogP contribution in [-0.4, -0.2) is 49.3 Å². The largest absolute Gasteiger partial charge is 0.468 e. The summed E-state index contributed by atoms with van der Waals surface area (Å²) in [4.78, 5) is 23.9. The van der Waals surface area contributed by atoms with Gasteiger partial charge in [0.25, 0.3) is 0 Å². The average Bonchev–Trinajstić information content (AvgIpc) is 2.14. The van der Waals surface area contributed by atoms with Crippen molar-refractivity contribution < 1.29 is 19.1 Å². The molecule has 0 aliphatic heterocycles. The van der Waals surface area contributed by atoms with E-state index >= 15 is 0 Å². The van der Waals surface area contributed by atoms with Crippen LogP contribution in [0, 0.1) is 0 Å². The molecule has 0 rings (SSSR count). The third kappa shape index (κ3) is 6.23. The quantitative estimate of drug-likeness (QED) is 0.707. The number of nitrogens with zero attached hydrogens (tertiary/aromatic N) is 1. The zero-order chi connectivity index (χ0) is 12.8. The van der Waals surface area contributed by atoms with Gasteiger partial charge in [0, 0.05) is 13.1 Å². The summed E-state index contributed by atoms with van der Waals surface area (Å²) >= 11 is 0. The average molecular weight is 232 g/mol. The molecule has 0 saturated carbocycles. The maximum absolute atomic E-state index is 11.6. The number of hydrogen-bond acceptors (Lipinski definition) is 5. The van der Waals surface area contributed by atoms with Crippen LogP contribution >= 0.6 is 0 Å². The molecule has 1 amide bonds. The van der Waals surface area contributed by atoms with Crippen molar-refractivity contribution in [3.63, 3.8) is 0 Å². The molecule has 0 heterocycles. The number of carbonyl (C=O) groups is 2. The lowest BCUT2D eigenvalue weighted by atomic mass is 10.2. The van der Waals surface area contributed by atoms with Crippen molar-refractivity contribution in [3.05, 3.63) is 0 Å². The molecular weight excluding hydrogens is 212 g/mol. The first kappa shape index (κ1) is 14.7. The van der Waals surface area contributed by atoms with Crippen LogP contribution in [0.1, 0.15) is 20.8 Å². The first-order valence-corrected chi connectivity index (χ1v) is 5.05. The topological polar surface area (TPSA) is 81.9 Å². The van der Waals surface area contributed by atoms with Gasteiger partial charge in [-0.2, -0.15) is 0 Å². The summed E-state index contributed by atoms with van der Waals surface area (Å²) < 4.78 is 9.60. The molecule has 0 saturated heterocycles. The van der Waals surface area contributed by atoms with Gasteiger partial charge in [-0.1, -0.05) is 0 Å². The van der Waals surface area contributed by atoms with Crippen molar-refractivity contribution >= 4 is 12.1 Å². The van der Waals surface area contributed by atoms with E-state index in [0.29, 0.717) is 0 Å². The maximum Gasteiger partial charge on any atom is 0.410 e. The van der Waals surface area contributed by atoms with Crippen LogP contribution in [0.3, 0.4) is 0 Å². The predicted molar refractivity (Wildman–Crippen MR) is 58.9 cm³/mol. The monoisotopic (exact) mass is 232 g/mol. The minimum Gasteiger partial charge on any atom is -0.468 e. The highest BCUT2D eigenvalue weighted by Gasteiger charge is 2.23. The Morgan fingerprint density at radius 1 is 1.31 bits per heavy atom. The van der Waals surface area contributed by atoms with E-state index in [1.54, 1.807) is 20.8 Å². The smallest absolute Gasteiger partial charge is 0.410 e. The molecule has 0 aliphatic carbocycles. The molecule has 6 nitrogen and oxygen atoms in total.